The Bertz CT molecular complexity index is 519. The van der Waals surface area contributed by atoms with Gasteiger partial charge in [-0.25, -0.2) is 0 Å². The number of fused-ring (bicyclic) bond motifs is 1. The van der Waals surface area contributed by atoms with Crippen molar-refractivity contribution in [3.05, 3.63) is 23.3 Å². The standard InChI is InChI=1S/C16H22O4/c1-16(2)6-5-10(7-15(17)18)11-8-13(19-3)14(20-4)9-12(11)16/h8-10H,5-7H2,1-4H3,(H,17,18). The van der Waals surface area contributed by atoms with E-state index in [-0.39, 0.29) is 17.8 Å². The van der Waals surface area contributed by atoms with E-state index in [0.717, 1.165) is 18.4 Å². The number of ether oxygens (including phenoxy) is 2. The van der Waals surface area contributed by atoms with Crippen molar-refractivity contribution in [1.82, 2.24) is 0 Å². The summed E-state index contributed by atoms with van der Waals surface area (Å²) in [5.41, 5.74) is 2.29. The van der Waals surface area contributed by atoms with Crippen LogP contribution in [0.4, 0.5) is 0 Å². The fourth-order valence-corrected chi connectivity index (χ4v) is 3.07. The highest BCUT2D eigenvalue weighted by atomic mass is 16.5. The van der Waals surface area contributed by atoms with Crippen LogP contribution >= 0.6 is 0 Å². The first-order chi connectivity index (χ1) is 9.39. The molecule has 0 bridgehead atoms. The zero-order valence-electron chi connectivity index (χ0n) is 12.5. The van der Waals surface area contributed by atoms with Crippen LogP contribution in [0.1, 0.15) is 50.2 Å². The third kappa shape index (κ3) is 2.60. The molecule has 0 radical (unpaired) electrons. The molecule has 20 heavy (non-hydrogen) atoms. The van der Waals surface area contributed by atoms with Gasteiger partial charge < -0.3 is 14.6 Å². The lowest BCUT2D eigenvalue weighted by Crippen LogP contribution is -2.27. The van der Waals surface area contributed by atoms with E-state index in [2.05, 4.69) is 13.8 Å². The summed E-state index contributed by atoms with van der Waals surface area (Å²) in [6.45, 7) is 4.38. The van der Waals surface area contributed by atoms with Crippen LogP contribution in [-0.4, -0.2) is 25.3 Å². The fourth-order valence-electron chi connectivity index (χ4n) is 3.07. The second-order valence-corrected chi connectivity index (χ2v) is 6.01. The second-order valence-electron chi connectivity index (χ2n) is 6.01. The van der Waals surface area contributed by atoms with Gasteiger partial charge in [-0.05, 0) is 47.4 Å². The Morgan fingerprint density at radius 3 is 2.45 bits per heavy atom. The van der Waals surface area contributed by atoms with Gasteiger partial charge in [0.05, 0.1) is 20.6 Å². The molecule has 4 nitrogen and oxygen atoms in total. The molecule has 0 aliphatic heterocycles. The van der Waals surface area contributed by atoms with Gasteiger partial charge in [0.1, 0.15) is 0 Å². The van der Waals surface area contributed by atoms with E-state index in [0.29, 0.717) is 11.5 Å². The lowest BCUT2D eigenvalue weighted by Gasteiger charge is -2.37. The molecule has 0 aromatic heterocycles. The summed E-state index contributed by atoms with van der Waals surface area (Å²) in [6, 6.07) is 3.95. The highest BCUT2D eigenvalue weighted by Gasteiger charge is 2.34. The zero-order valence-corrected chi connectivity index (χ0v) is 12.5. The van der Waals surface area contributed by atoms with Gasteiger partial charge in [0, 0.05) is 0 Å². The maximum Gasteiger partial charge on any atom is 0.303 e. The number of benzene rings is 1. The summed E-state index contributed by atoms with van der Waals surface area (Å²) < 4.78 is 10.7. The average Bonchev–Trinajstić information content (AvgIpc) is 2.40. The lowest BCUT2D eigenvalue weighted by molar-refractivity contribution is -0.137. The maximum atomic E-state index is 11.1. The van der Waals surface area contributed by atoms with Gasteiger partial charge in [0.2, 0.25) is 0 Å². The molecule has 0 spiro atoms. The monoisotopic (exact) mass is 278 g/mol. The first-order valence-corrected chi connectivity index (χ1v) is 6.87. The number of hydrogen-bond acceptors (Lipinski definition) is 3. The lowest BCUT2D eigenvalue weighted by atomic mass is 9.68. The molecule has 1 aromatic rings. The van der Waals surface area contributed by atoms with Crippen molar-refractivity contribution in [2.45, 2.75) is 44.4 Å². The second kappa shape index (κ2) is 5.35. The van der Waals surface area contributed by atoms with Crippen molar-refractivity contribution in [2.75, 3.05) is 14.2 Å². The van der Waals surface area contributed by atoms with E-state index >= 15 is 0 Å². The Morgan fingerprint density at radius 1 is 1.30 bits per heavy atom. The van der Waals surface area contributed by atoms with Gasteiger partial charge in [0.15, 0.2) is 11.5 Å². The van der Waals surface area contributed by atoms with Crippen LogP contribution in [0.5, 0.6) is 11.5 Å². The molecule has 1 aromatic carbocycles. The number of carboxylic acid groups (broad SMARTS) is 1. The van der Waals surface area contributed by atoms with Crippen LogP contribution in [-0.2, 0) is 10.2 Å². The summed E-state index contributed by atoms with van der Waals surface area (Å²) in [5.74, 6) is 0.667. The van der Waals surface area contributed by atoms with E-state index in [4.69, 9.17) is 14.6 Å². The molecule has 1 aliphatic rings. The number of methoxy groups -OCH3 is 2. The van der Waals surface area contributed by atoms with Crippen molar-refractivity contribution in [2.24, 2.45) is 0 Å². The molecule has 1 unspecified atom stereocenters. The van der Waals surface area contributed by atoms with E-state index in [1.54, 1.807) is 14.2 Å². The van der Waals surface area contributed by atoms with Crippen molar-refractivity contribution in [3.8, 4) is 11.5 Å². The summed E-state index contributed by atoms with van der Waals surface area (Å²) >= 11 is 0. The Hall–Kier alpha value is -1.71. The number of carbonyl (C=O) groups is 1. The molecule has 0 saturated heterocycles. The Labute approximate surface area is 119 Å². The molecule has 0 fully saturated rings. The molecule has 4 heteroatoms. The van der Waals surface area contributed by atoms with Gasteiger partial charge in [0.25, 0.3) is 0 Å². The summed E-state index contributed by atoms with van der Waals surface area (Å²) in [5, 5.41) is 9.09. The third-order valence-electron chi connectivity index (χ3n) is 4.26. The first kappa shape index (κ1) is 14.7. The largest absolute Gasteiger partial charge is 0.493 e. The van der Waals surface area contributed by atoms with Crippen LogP contribution in [0.2, 0.25) is 0 Å². The highest BCUT2D eigenvalue weighted by Crippen LogP contribution is 2.47. The van der Waals surface area contributed by atoms with E-state index < -0.39 is 5.97 Å². The van der Waals surface area contributed by atoms with Crippen molar-refractivity contribution in [1.29, 1.82) is 0 Å². The number of rotatable bonds is 4. The van der Waals surface area contributed by atoms with Crippen molar-refractivity contribution < 1.29 is 19.4 Å². The minimum atomic E-state index is -0.754. The normalized spacial score (nSPS) is 20.1. The van der Waals surface area contributed by atoms with Crippen LogP contribution in [0, 0.1) is 0 Å². The quantitative estimate of drug-likeness (QED) is 0.917. The van der Waals surface area contributed by atoms with Gasteiger partial charge >= 0.3 is 5.97 Å². The average molecular weight is 278 g/mol. The van der Waals surface area contributed by atoms with Gasteiger partial charge in [-0.1, -0.05) is 13.8 Å². The van der Waals surface area contributed by atoms with Gasteiger partial charge in [-0.2, -0.15) is 0 Å². The predicted molar refractivity (Wildman–Crippen MR) is 76.8 cm³/mol. The Balaban J connectivity index is 2.55. The summed E-state index contributed by atoms with van der Waals surface area (Å²) in [4.78, 5) is 11.1. The van der Waals surface area contributed by atoms with Crippen molar-refractivity contribution >= 4 is 5.97 Å². The number of carboxylic acids is 1. The summed E-state index contributed by atoms with van der Waals surface area (Å²) in [7, 11) is 3.22. The maximum absolute atomic E-state index is 11.1. The summed E-state index contributed by atoms with van der Waals surface area (Å²) in [6.07, 6.45) is 2.04. The Kier molecular flexibility index (Phi) is 3.93. The third-order valence-corrected chi connectivity index (χ3v) is 4.26. The minimum Gasteiger partial charge on any atom is -0.493 e. The number of aliphatic carboxylic acids is 1. The SMILES string of the molecule is COc1cc2c(cc1OC)C(C)(C)CCC2CC(=O)O. The molecular weight excluding hydrogens is 256 g/mol. The smallest absolute Gasteiger partial charge is 0.303 e. The van der Waals surface area contributed by atoms with Gasteiger partial charge in [-0.3, -0.25) is 4.79 Å². The highest BCUT2D eigenvalue weighted by molar-refractivity contribution is 5.68. The van der Waals surface area contributed by atoms with E-state index in [1.807, 2.05) is 12.1 Å². The minimum absolute atomic E-state index is 0.0316. The van der Waals surface area contributed by atoms with Crippen LogP contribution in [0.3, 0.4) is 0 Å². The van der Waals surface area contributed by atoms with Gasteiger partial charge in [-0.15, -0.1) is 0 Å². The van der Waals surface area contributed by atoms with Crippen LogP contribution < -0.4 is 9.47 Å². The first-order valence-electron chi connectivity index (χ1n) is 6.87. The van der Waals surface area contributed by atoms with Crippen molar-refractivity contribution in [3.63, 3.8) is 0 Å². The molecule has 2 rings (SSSR count). The number of hydrogen-bond donors (Lipinski definition) is 1. The molecule has 110 valence electrons. The topological polar surface area (TPSA) is 55.8 Å². The molecule has 0 saturated carbocycles. The molecule has 0 heterocycles. The fraction of sp³-hybridized carbons (Fsp3) is 0.562. The molecule has 1 aliphatic carbocycles. The van der Waals surface area contributed by atoms with Crippen LogP contribution in [0.25, 0.3) is 0 Å². The zero-order chi connectivity index (χ0) is 14.9. The molecule has 1 atom stereocenters. The van der Waals surface area contributed by atoms with Crippen LogP contribution in [0.15, 0.2) is 12.1 Å². The molecule has 0 amide bonds. The predicted octanol–water partition coefficient (Wildman–Crippen LogP) is 3.33. The molecule has 1 N–H and O–H groups in total. The van der Waals surface area contributed by atoms with E-state index in [9.17, 15) is 4.79 Å². The van der Waals surface area contributed by atoms with E-state index in [1.165, 1.54) is 5.56 Å². The molecular formula is C16H22O4. The Morgan fingerprint density at radius 2 is 1.90 bits per heavy atom.